The average molecular weight is 582 g/mol. The second-order valence-electron chi connectivity index (χ2n) is 10.1. The first kappa shape index (κ1) is 26.5. The molecule has 1 aliphatic carbocycles. The zero-order chi connectivity index (χ0) is 27.4. The van der Waals surface area contributed by atoms with Gasteiger partial charge in [-0.2, -0.15) is 0 Å². The Balaban J connectivity index is 1.31. The van der Waals surface area contributed by atoms with Gasteiger partial charge in [0.2, 0.25) is 0 Å². The van der Waals surface area contributed by atoms with E-state index in [0.29, 0.717) is 12.4 Å². The first-order chi connectivity index (χ1) is 18.8. The zero-order valence-corrected chi connectivity index (χ0v) is 23.4. The topological polar surface area (TPSA) is 46.5 Å². The first-order valence-corrected chi connectivity index (χ1v) is 14.3. The summed E-state index contributed by atoms with van der Waals surface area (Å²) in [7, 11) is 0. The van der Waals surface area contributed by atoms with E-state index >= 15 is 0 Å². The van der Waals surface area contributed by atoms with Gasteiger partial charge in [0.15, 0.2) is 0 Å². The number of hydrogen-bond donors (Lipinski definition) is 1. The average Bonchev–Trinajstić information content (AvgIpc) is 2.94. The van der Waals surface area contributed by atoms with Crippen LogP contribution < -0.4 is 9.20 Å². The number of benzene rings is 4. The van der Waals surface area contributed by atoms with Gasteiger partial charge in [-0.15, -0.1) is 0 Å². The summed E-state index contributed by atoms with van der Waals surface area (Å²) < 4.78 is 20.1. The van der Waals surface area contributed by atoms with Gasteiger partial charge in [0.05, 0.1) is 0 Å². The number of carboxylic acids is 1. The van der Waals surface area contributed by atoms with Crippen molar-refractivity contribution < 1.29 is 19.0 Å². The molecule has 5 rings (SSSR count). The van der Waals surface area contributed by atoms with E-state index in [1.165, 1.54) is 38.9 Å². The number of aromatic carboxylic acids is 1. The minimum atomic E-state index is -0.935. The number of halogens is 1. The molecule has 0 radical (unpaired) electrons. The second-order valence-corrected chi connectivity index (χ2v) is 11.9. The van der Waals surface area contributed by atoms with E-state index < -0.39 is 5.97 Å². The van der Waals surface area contributed by atoms with E-state index in [9.17, 15) is 9.18 Å². The summed E-state index contributed by atoms with van der Waals surface area (Å²) in [6.45, 7) is 4.98. The van der Waals surface area contributed by atoms with Crippen molar-refractivity contribution in [3.05, 3.63) is 136 Å². The normalized spacial score (nSPS) is 13.5. The number of allylic oxidation sites excluding steroid dienone is 1. The predicted octanol–water partition coefficient (Wildman–Crippen LogP) is 6.55. The predicted molar refractivity (Wildman–Crippen MR) is 154 cm³/mol. The molecule has 4 aromatic rings. The first-order valence-electron chi connectivity index (χ1n) is 12.6. The molecule has 0 spiro atoms. The Morgan fingerprint density at radius 1 is 0.974 bits per heavy atom. The third-order valence-electron chi connectivity index (χ3n) is 6.81. The van der Waals surface area contributed by atoms with Gasteiger partial charge in [0.25, 0.3) is 0 Å². The molecule has 1 aliphatic rings. The quantitative estimate of drug-likeness (QED) is 0.208. The van der Waals surface area contributed by atoms with Crippen molar-refractivity contribution in [1.29, 1.82) is 0 Å². The zero-order valence-electron chi connectivity index (χ0n) is 21.7. The van der Waals surface area contributed by atoms with Crippen LogP contribution in [0, 0.1) is 16.6 Å². The summed E-state index contributed by atoms with van der Waals surface area (Å²) in [5.41, 5.74) is 7.13. The summed E-state index contributed by atoms with van der Waals surface area (Å²) in [4.78, 5) is 14.3. The van der Waals surface area contributed by atoms with Crippen LogP contribution in [-0.2, 0) is 12.0 Å². The molecule has 5 heteroatoms. The van der Waals surface area contributed by atoms with E-state index in [2.05, 4.69) is 73.1 Å². The molecule has 0 heterocycles. The third-order valence-corrected chi connectivity index (χ3v) is 8.26. The van der Waals surface area contributed by atoms with Crippen molar-refractivity contribution in [2.24, 2.45) is 0 Å². The number of hydrogen-bond acceptors (Lipinski definition) is 2. The summed E-state index contributed by atoms with van der Waals surface area (Å²) in [5.74, 6) is 2.60. The van der Waals surface area contributed by atoms with Crippen molar-refractivity contribution in [2.45, 2.75) is 32.3 Å². The molecule has 3 nitrogen and oxygen atoms in total. The van der Waals surface area contributed by atoms with E-state index in [-0.39, 0.29) is 31.8 Å². The van der Waals surface area contributed by atoms with Crippen molar-refractivity contribution in [1.82, 2.24) is 0 Å². The molecule has 0 unspecified atom stereocenters. The molecule has 0 saturated heterocycles. The number of rotatable bonds is 6. The molecule has 0 fully saturated rings. The number of carbonyl (C=O) groups is 1. The van der Waals surface area contributed by atoms with Crippen molar-refractivity contribution >= 4 is 31.0 Å². The summed E-state index contributed by atoms with van der Waals surface area (Å²) in [6.07, 6.45) is 3.28. The van der Waals surface area contributed by atoms with E-state index in [1.807, 2.05) is 0 Å². The van der Waals surface area contributed by atoms with E-state index in [4.69, 9.17) is 9.84 Å². The fourth-order valence-corrected chi connectivity index (χ4v) is 5.81. The Hall–Kier alpha value is -4.10. The molecule has 1 N–H and O–H groups in total. The van der Waals surface area contributed by atoms with Gasteiger partial charge in [-0.05, 0) is 24.3 Å². The molecule has 0 aromatic heterocycles. The van der Waals surface area contributed by atoms with E-state index in [0.717, 1.165) is 17.5 Å². The monoisotopic (exact) mass is 582 g/mol. The van der Waals surface area contributed by atoms with Crippen LogP contribution in [0.4, 0.5) is 4.39 Å². The molecule has 0 saturated carbocycles. The van der Waals surface area contributed by atoms with Gasteiger partial charge >= 0.3 is 201 Å². The molecular formula is C34H27FO3Se. The molecule has 0 bridgehead atoms. The second kappa shape index (κ2) is 11.3. The van der Waals surface area contributed by atoms with Gasteiger partial charge in [0.1, 0.15) is 5.82 Å². The summed E-state index contributed by atoms with van der Waals surface area (Å²) in [6, 6.07) is 27.8. The van der Waals surface area contributed by atoms with Gasteiger partial charge in [-0.1, -0.05) is 0 Å². The fourth-order valence-electron chi connectivity index (χ4n) is 4.55. The van der Waals surface area contributed by atoms with Gasteiger partial charge in [-0.3, -0.25) is 0 Å². The Morgan fingerprint density at radius 3 is 2.38 bits per heavy atom. The third kappa shape index (κ3) is 6.32. The SMILES string of the molecule is CC1(C)CC=C(c2ccc(COc3ccc(F)cc3)cc2)c2ccc([Se]C#Cc3ccc(C(=O)O)cc3)cc21. The van der Waals surface area contributed by atoms with Crippen LogP contribution in [-0.4, -0.2) is 26.0 Å². The standard InChI is InChI=1S/C34H27FO3Se/c1-34(2)19-17-30(25-7-5-24(6-8-25)22-38-28-13-11-27(35)12-14-28)31-16-15-29(21-32(31)34)39-20-18-23-3-9-26(10-4-23)33(36)37/h3-17,21H,19,22H2,1-2H3,(H,36,37). The molecular weight excluding hydrogens is 554 g/mol. The van der Waals surface area contributed by atoms with Gasteiger partial charge in [-0.25, -0.2) is 4.39 Å². The summed E-state index contributed by atoms with van der Waals surface area (Å²) >= 11 is -0.0237. The van der Waals surface area contributed by atoms with Crippen molar-refractivity contribution in [3.8, 4) is 16.5 Å². The van der Waals surface area contributed by atoms with Crippen LogP contribution >= 0.6 is 0 Å². The number of ether oxygens (including phenoxy) is 1. The molecule has 4 aromatic carbocycles. The summed E-state index contributed by atoms with van der Waals surface area (Å²) in [5, 5.41) is 9.06. The van der Waals surface area contributed by atoms with Crippen LogP contribution in [0.5, 0.6) is 5.75 Å². The van der Waals surface area contributed by atoms with Crippen molar-refractivity contribution in [2.75, 3.05) is 0 Å². The van der Waals surface area contributed by atoms with Crippen LogP contribution in [0.3, 0.4) is 0 Å². The molecule has 0 aliphatic heterocycles. The maximum absolute atomic E-state index is 13.1. The number of fused-ring (bicyclic) bond motifs is 1. The maximum atomic E-state index is 13.1. The van der Waals surface area contributed by atoms with Gasteiger partial charge < -0.3 is 0 Å². The Morgan fingerprint density at radius 2 is 1.69 bits per heavy atom. The van der Waals surface area contributed by atoms with Crippen molar-refractivity contribution in [3.63, 3.8) is 0 Å². The molecule has 194 valence electrons. The Bertz CT molecular complexity index is 1590. The van der Waals surface area contributed by atoms with Crippen LogP contribution in [0.25, 0.3) is 5.57 Å². The van der Waals surface area contributed by atoms with Crippen LogP contribution in [0.15, 0.2) is 97.1 Å². The van der Waals surface area contributed by atoms with Gasteiger partial charge in [0, 0.05) is 0 Å². The van der Waals surface area contributed by atoms with E-state index in [1.54, 1.807) is 36.4 Å². The Labute approximate surface area is 234 Å². The minimum absolute atomic E-state index is 0.0218. The molecule has 0 atom stereocenters. The van der Waals surface area contributed by atoms with Crippen LogP contribution in [0.1, 0.15) is 58.4 Å². The molecule has 0 amide bonds. The molecule has 39 heavy (non-hydrogen) atoms. The fraction of sp³-hybridized carbons (Fsp3) is 0.147. The number of carboxylic acid groups (broad SMARTS) is 1. The van der Waals surface area contributed by atoms with Crippen LogP contribution in [0.2, 0.25) is 0 Å². The Kier molecular flexibility index (Phi) is 7.70.